The van der Waals surface area contributed by atoms with Gasteiger partial charge in [0.05, 0.1) is 24.0 Å². The van der Waals surface area contributed by atoms with Crippen LogP contribution < -0.4 is 20.1 Å². The third kappa shape index (κ3) is 13.1. The molecule has 0 heterocycles. The zero-order valence-electron chi connectivity index (χ0n) is 27.3. The van der Waals surface area contributed by atoms with Gasteiger partial charge in [-0.05, 0) is 65.8 Å². The highest BCUT2D eigenvalue weighted by Gasteiger charge is 2.32. The predicted octanol–water partition coefficient (Wildman–Crippen LogP) is 2.39. The number of carboxylic acids is 2. The molecule has 2 rings (SSSR count). The number of carboxylic acid groups (broad SMARTS) is 2. The molecule has 16 nitrogen and oxygen atoms in total. The Bertz CT molecular complexity index is 1520. The highest BCUT2D eigenvalue weighted by molar-refractivity contribution is 6.00. The second-order valence-electron chi connectivity index (χ2n) is 12.4. The maximum absolute atomic E-state index is 13.3. The van der Waals surface area contributed by atoms with Crippen molar-refractivity contribution >= 4 is 35.7 Å². The van der Waals surface area contributed by atoms with Gasteiger partial charge in [-0.1, -0.05) is 0 Å². The summed E-state index contributed by atoms with van der Waals surface area (Å²) >= 11 is 0. The molecule has 0 fully saturated rings. The maximum Gasteiger partial charge on any atom is 0.329 e. The molecule has 16 heteroatoms. The van der Waals surface area contributed by atoms with Crippen molar-refractivity contribution in [1.29, 1.82) is 0 Å². The molecule has 0 aliphatic rings. The Morgan fingerprint density at radius 1 is 0.667 bits per heavy atom. The first kappa shape index (κ1) is 38.6. The Balaban J connectivity index is 2.20. The van der Waals surface area contributed by atoms with E-state index in [9.17, 15) is 44.1 Å². The molecule has 262 valence electrons. The van der Waals surface area contributed by atoms with E-state index in [2.05, 4.69) is 10.6 Å². The van der Waals surface area contributed by atoms with E-state index in [0.717, 1.165) is 24.3 Å². The summed E-state index contributed by atoms with van der Waals surface area (Å²) < 4.78 is 21.9. The first-order valence-corrected chi connectivity index (χ1v) is 14.6. The Kier molecular flexibility index (Phi) is 13.1. The van der Waals surface area contributed by atoms with E-state index in [1.165, 1.54) is 12.1 Å². The lowest BCUT2D eigenvalue weighted by atomic mass is 10.1. The average molecular weight is 677 g/mol. The zero-order chi connectivity index (χ0) is 36.4. The van der Waals surface area contributed by atoms with Gasteiger partial charge in [0.15, 0.2) is 0 Å². The van der Waals surface area contributed by atoms with Crippen molar-refractivity contribution in [3.63, 3.8) is 0 Å². The summed E-state index contributed by atoms with van der Waals surface area (Å²) in [6.45, 7) is 9.16. The molecular weight excluding hydrogens is 636 g/mol. The third-order valence-corrected chi connectivity index (χ3v) is 5.79. The van der Waals surface area contributed by atoms with Crippen molar-refractivity contribution in [3.05, 3.63) is 47.5 Å². The quantitative estimate of drug-likeness (QED) is 0.117. The molecule has 2 aromatic rings. The maximum atomic E-state index is 13.3. The van der Waals surface area contributed by atoms with Crippen molar-refractivity contribution in [3.8, 4) is 23.0 Å². The molecule has 0 saturated carbocycles. The number of hydrogen-bond acceptors (Lipinski definition) is 12. The smallest absolute Gasteiger partial charge is 0.329 e. The molecule has 0 spiro atoms. The van der Waals surface area contributed by atoms with Gasteiger partial charge in [-0.15, -0.1) is 0 Å². The Labute approximate surface area is 275 Å². The Hall–Kier alpha value is -5.54. The molecule has 2 atom stereocenters. The molecule has 48 heavy (non-hydrogen) atoms. The summed E-state index contributed by atoms with van der Waals surface area (Å²) in [6.07, 6.45) is -1.42. The number of phenolic OH excluding ortho intramolecular Hbond substituents is 2. The van der Waals surface area contributed by atoms with Crippen molar-refractivity contribution in [2.24, 2.45) is 0 Å². The van der Waals surface area contributed by atoms with Crippen LogP contribution in [0.5, 0.6) is 23.0 Å². The fourth-order valence-electron chi connectivity index (χ4n) is 3.90. The number of phenols is 2. The number of benzene rings is 2. The van der Waals surface area contributed by atoms with E-state index in [1.807, 2.05) is 0 Å². The van der Waals surface area contributed by atoms with Crippen LogP contribution in [0.3, 0.4) is 0 Å². The van der Waals surface area contributed by atoms with E-state index >= 15 is 0 Å². The molecular formula is C32H40N2O14. The summed E-state index contributed by atoms with van der Waals surface area (Å²) in [4.78, 5) is 73.9. The Morgan fingerprint density at radius 2 is 1.10 bits per heavy atom. The summed E-state index contributed by atoms with van der Waals surface area (Å²) in [5, 5.41) is 42.6. The molecule has 0 aliphatic carbocycles. The van der Waals surface area contributed by atoms with Crippen LogP contribution in [0.15, 0.2) is 36.4 Å². The summed E-state index contributed by atoms with van der Waals surface area (Å²) in [5.41, 5.74) is -2.15. The summed E-state index contributed by atoms with van der Waals surface area (Å²) in [7, 11) is 0. The number of ether oxygens (including phenoxy) is 4. The van der Waals surface area contributed by atoms with Crippen LogP contribution in [0.25, 0.3) is 0 Å². The van der Waals surface area contributed by atoms with E-state index < -0.39 is 71.8 Å². The predicted molar refractivity (Wildman–Crippen MR) is 166 cm³/mol. The second-order valence-corrected chi connectivity index (χ2v) is 12.4. The molecule has 0 aliphatic heterocycles. The van der Waals surface area contributed by atoms with Crippen molar-refractivity contribution in [2.45, 2.75) is 77.7 Å². The fourth-order valence-corrected chi connectivity index (χ4v) is 3.90. The molecule has 2 amide bonds. The number of aliphatic carboxylic acids is 2. The molecule has 2 aromatic carbocycles. The van der Waals surface area contributed by atoms with Crippen LogP contribution in [0.4, 0.5) is 0 Å². The third-order valence-electron chi connectivity index (χ3n) is 5.79. The normalized spacial score (nSPS) is 12.5. The first-order chi connectivity index (χ1) is 22.1. The summed E-state index contributed by atoms with van der Waals surface area (Å²) in [5.74, 6) is -7.46. The van der Waals surface area contributed by atoms with Gasteiger partial charge in [-0.25, -0.2) is 9.59 Å². The monoisotopic (exact) mass is 676 g/mol. The van der Waals surface area contributed by atoms with Gasteiger partial charge in [-0.3, -0.25) is 19.2 Å². The van der Waals surface area contributed by atoms with E-state index in [1.54, 1.807) is 41.5 Å². The highest BCUT2D eigenvalue weighted by atomic mass is 16.6. The average Bonchev–Trinajstić information content (AvgIpc) is 2.92. The molecule has 6 N–H and O–H groups in total. The summed E-state index contributed by atoms with van der Waals surface area (Å²) in [6, 6.07) is 3.68. The number of nitrogens with one attached hydrogen (secondary N) is 2. The minimum atomic E-state index is -1.74. The number of hydrogen-bond donors (Lipinski definition) is 6. The van der Waals surface area contributed by atoms with Crippen LogP contribution in [-0.2, 0) is 28.7 Å². The van der Waals surface area contributed by atoms with Gasteiger partial charge in [0.25, 0.3) is 11.8 Å². The van der Waals surface area contributed by atoms with Crippen molar-refractivity contribution in [2.75, 3.05) is 13.2 Å². The molecule has 0 bridgehead atoms. The van der Waals surface area contributed by atoms with Gasteiger partial charge in [-0.2, -0.15) is 0 Å². The highest BCUT2D eigenvalue weighted by Crippen LogP contribution is 2.27. The van der Waals surface area contributed by atoms with E-state index in [-0.39, 0.29) is 47.3 Å². The van der Waals surface area contributed by atoms with Crippen LogP contribution in [0.2, 0.25) is 0 Å². The molecule has 0 aromatic heterocycles. The van der Waals surface area contributed by atoms with Crippen molar-refractivity contribution in [1.82, 2.24) is 10.6 Å². The van der Waals surface area contributed by atoms with Gasteiger partial charge in [0, 0.05) is 12.1 Å². The first-order valence-electron chi connectivity index (χ1n) is 14.6. The lowest BCUT2D eigenvalue weighted by molar-refractivity contribution is -0.164. The van der Waals surface area contributed by atoms with E-state index in [0.29, 0.717) is 0 Å². The number of carbonyl (C=O) groups excluding carboxylic acids is 4. The number of rotatable bonds is 15. The van der Waals surface area contributed by atoms with Crippen LogP contribution in [0, 0.1) is 0 Å². The lowest BCUT2D eigenvalue weighted by Crippen LogP contribution is -2.46. The van der Waals surface area contributed by atoms with Gasteiger partial charge >= 0.3 is 23.9 Å². The lowest BCUT2D eigenvalue weighted by Gasteiger charge is -2.26. The van der Waals surface area contributed by atoms with Crippen LogP contribution in [-0.4, -0.2) is 92.6 Å². The largest absolute Gasteiger partial charge is 0.508 e. The van der Waals surface area contributed by atoms with Gasteiger partial charge < -0.3 is 50.0 Å². The standard InChI is InChI=1S/C32H40N2O14/c1-31(2,3)47-26(39)16-22(30(44)48-32(4,5)6)34-28(41)20-10-8-18(36)14-24(20)46-12-11-45-23-13-17(35)7-9-19(23)27(40)33-21(29(42)43)15-25(37)38/h7-10,13-14,21-22,35-36H,11-12,15-16H2,1-6H3,(H,33,40)(H,34,41)(H,37,38)(H,42,43)/t21-,22-/m1/s1. The van der Waals surface area contributed by atoms with Crippen LogP contribution in [0.1, 0.15) is 75.1 Å². The van der Waals surface area contributed by atoms with E-state index in [4.69, 9.17) is 24.1 Å². The van der Waals surface area contributed by atoms with Crippen LogP contribution >= 0.6 is 0 Å². The molecule has 0 saturated heterocycles. The number of aromatic hydroxyl groups is 2. The topological polar surface area (TPSA) is 244 Å². The van der Waals surface area contributed by atoms with Gasteiger partial charge in [0.1, 0.15) is 59.5 Å². The zero-order valence-corrected chi connectivity index (χ0v) is 27.3. The minimum absolute atomic E-state index is 0.138. The van der Waals surface area contributed by atoms with Crippen molar-refractivity contribution < 1.29 is 68.1 Å². The minimum Gasteiger partial charge on any atom is -0.508 e. The molecule has 0 radical (unpaired) electrons. The SMILES string of the molecule is CC(C)(C)OC(=O)C[C@@H](NC(=O)c1ccc(O)cc1OCCOc1cc(O)ccc1C(=O)N[C@H](CC(=O)O)C(=O)O)C(=O)OC(C)(C)C. The van der Waals surface area contributed by atoms with Gasteiger partial charge in [0.2, 0.25) is 0 Å². The Morgan fingerprint density at radius 3 is 1.50 bits per heavy atom. The second kappa shape index (κ2) is 16.3. The number of amides is 2. The molecule has 0 unspecified atom stereocenters. The number of esters is 2. The fraction of sp³-hybridized carbons (Fsp3) is 0.438. The number of carbonyl (C=O) groups is 6.